The highest BCUT2D eigenvalue weighted by atomic mass is 35.5. The largest absolute Gasteiger partial charge is 0.424 e. The van der Waals surface area contributed by atoms with Gasteiger partial charge in [-0.1, -0.05) is 25.4 Å². The van der Waals surface area contributed by atoms with Crippen LogP contribution >= 0.6 is 18.3 Å². The first-order valence-corrected chi connectivity index (χ1v) is 12.3. The fourth-order valence-corrected chi connectivity index (χ4v) is 5.10. The number of fused-ring (bicyclic) bond motifs is 1. The van der Waals surface area contributed by atoms with Gasteiger partial charge in [-0.3, -0.25) is 13.9 Å². The van der Waals surface area contributed by atoms with Crippen LogP contribution in [0.2, 0.25) is 5.02 Å². The van der Waals surface area contributed by atoms with Gasteiger partial charge in [-0.15, -0.1) is 0 Å². The lowest BCUT2D eigenvalue weighted by atomic mass is 10.1. The molecule has 1 heterocycles. The van der Waals surface area contributed by atoms with Crippen LogP contribution in [-0.2, 0) is 27.4 Å². The number of benzene rings is 1. The molecule has 2 rings (SSSR count). The van der Waals surface area contributed by atoms with Gasteiger partial charge in [-0.05, 0) is 51.6 Å². The van der Waals surface area contributed by atoms with Gasteiger partial charge in [-0.2, -0.15) is 0 Å². The second-order valence-corrected chi connectivity index (χ2v) is 9.40. The SMILES string of the molecule is CCOP(=S)(OCC)Oc1ccc2c(C)c(Cl)c(=O)oc2c1CN(CC)CC. The molecule has 0 fully saturated rings. The molecule has 0 aliphatic carbocycles. The van der Waals surface area contributed by atoms with Crippen molar-refractivity contribution in [3.8, 4) is 5.75 Å². The molecule has 0 aliphatic rings. The van der Waals surface area contributed by atoms with Crippen molar-refractivity contribution in [3.63, 3.8) is 0 Å². The van der Waals surface area contributed by atoms with E-state index in [1.165, 1.54) is 0 Å². The van der Waals surface area contributed by atoms with Gasteiger partial charge in [-0.25, -0.2) is 4.79 Å². The first-order chi connectivity index (χ1) is 13.3. The molecule has 2 aromatic rings. The zero-order valence-corrected chi connectivity index (χ0v) is 19.4. The first kappa shape index (κ1) is 23.3. The summed E-state index contributed by atoms with van der Waals surface area (Å²) in [7, 11) is 0. The van der Waals surface area contributed by atoms with E-state index in [0.717, 1.165) is 24.0 Å². The molecular formula is C19H27ClNO5PS. The van der Waals surface area contributed by atoms with E-state index in [9.17, 15) is 4.79 Å². The average molecular weight is 448 g/mol. The van der Waals surface area contributed by atoms with Crippen LogP contribution < -0.4 is 10.1 Å². The van der Waals surface area contributed by atoms with Crippen molar-refractivity contribution >= 4 is 41.1 Å². The molecule has 1 aromatic heterocycles. The summed E-state index contributed by atoms with van der Waals surface area (Å²) in [6, 6.07) is 3.63. The molecule has 0 aliphatic heterocycles. The van der Waals surface area contributed by atoms with Gasteiger partial charge in [0.1, 0.15) is 16.4 Å². The van der Waals surface area contributed by atoms with E-state index in [4.69, 9.17) is 41.4 Å². The topological polar surface area (TPSA) is 61.1 Å². The van der Waals surface area contributed by atoms with Crippen LogP contribution in [0.1, 0.15) is 38.8 Å². The molecule has 0 bridgehead atoms. The number of halogens is 1. The maximum absolute atomic E-state index is 12.2. The van der Waals surface area contributed by atoms with Gasteiger partial charge in [0.05, 0.1) is 18.8 Å². The van der Waals surface area contributed by atoms with Crippen LogP contribution in [0.4, 0.5) is 0 Å². The Labute approximate surface area is 176 Å². The van der Waals surface area contributed by atoms with E-state index in [-0.39, 0.29) is 5.02 Å². The molecule has 0 N–H and O–H groups in total. The van der Waals surface area contributed by atoms with Gasteiger partial charge in [0.25, 0.3) is 0 Å². The van der Waals surface area contributed by atoms with Gasteiger partial charge >= 0.3 is 12.3 Å². The average Bonchev–Trinajstić information content (AvgIpc) is 2.65. The van der Waals surface area contributed by atoms with Crippen LogP contribution in [0.5, 0.6) is 5.75 Å². The van der Waals surface area contributed by atoms with Crippen molar-refractivity contribution in [2.45, 2.75) is 41.2 Å². The van der Waals surface area contributed by atoms with E-state index < -0.39 is 12.3 Å². The van der Waals surface area contributed by atoms with E-state index in [1.54, 1.807) is 6.92 Å². The van der Waals surface area contributed by atoms with Crippen molar-refractivity contribution in [1.82, 2.24) is 4.90 Å². The van der Waals surface area contributed by atoms with Crippen LogP contribution in [0, 0.1) is 6.92 Å². The zero-order valence-electron chi connectivity index (χ0n) is 16.9. The molecule has 0 atom stereocenters. The number of hydrogen-bond acceptors (Lipinski definition) is 7. The second-order valence-electron chi connectivity index (χ2n) is 6.08. The van der Waals surface area contributed by atoms with Crippen molar-refractivity contribution < 1.29 is 18.0 Å². The predicted molar refractivity (Wildman–Crippen MR) is 117 cm³/mol. The quantitative estimate of drug-likeness (QED) is 0.363. The van der Waals surface area contributed by atoms with Gasteiger partial charge < -0.3 is 8.94 Å². The highest BCUT2D eigenvalue weighted by Crippen LogP contribution is 2.51. The fraction of sp³-hybridized carbons (Fsp3) is 0.526. The highest BCUT2D eigenvalue weighted by molar-refractivity contribution is 8.07. The summed E-state index contributed by atoms with van der Waals surface area (Å²) in [4.78, 5) is 14.4. The van der Waals surface area contributed by atoms with E-state index in [0.29, 0.717) is 36.7 Å². The predicted octanol–water partition coefficient (Wildman–Crippen LogP) is 5.27. The maximum Gasteiger partial charge on any atom is 0.380 e. The number of rotatable bonds is 10. The summed E-state index contributed by atoms with van der Waals surface area (Å²) in [5.41, 5.74) is 1.28. The Morgan fingerprint density at radius 1 is 1.14 bits per heavy atom. The van der Waals surface area contributed by atoms with Crippen molar-refractivity contribution in [3.05, 3.63) is 38.7 Å². The Morgan fingerprint density at radius 2 is 1.75 bits per heavy atom. The Morgan fingerprint density at radius 3 is 2.29 bits per heavy atom. The highest BCUT2D eigenvalue weighted by Gasteiger charge is 2.25. The Bertz CT molecular complexity index is 919. The molecular weight excluding hydrogens is 421 g/mol. The van der Waals surface area contributed by atoms with Gasteiger partial charge in [0.2, 0.25) is 0 Å². The molecule has 28 heavy (non-hydrogen) atoms. The molecule has 156 valence electrons. The third kappa shape index (κ3) is 5.15. The summed E-state index contributed by atoms with van der Waals surface area (Å²) >= 11 is 11.6. The van der Waals surface area contributed by atoms with E-state index >= 15 is 0 Å². The third-order valence-corrected chi connectivity index (χ3v) is 7.25. The molecule has 9 heteroatoms. The molecule has 0 spiro atoms. The van der Waals surface area contributed by atoms with Gasteiger partial charge in [0.15, 0.2) is 0 Å². The lowest BCUT2D eigenvalue weighted by molar-refractivity contribution is 0.216. The number of aryl methyl sites for hydroxylation is 1. The zero-order chi connectivity index (χ0) is 20.9. The van der Waals surface area contributed by atoms with Crippen LogP contribution in [0.15, 0.2) is 21.3 Å². The lowest BCUT2D eigenvalue weighted by Crippen LogP contribution is -2.23. The summed E-state index contributed by atoms with van der Waals surface area (Å²) < 4.78 is 22.9. The molecule has 6 nitrogen and oxygen atoms in total. The summed E-state index contributed by atoms with van der Waals surface area (Å²) in [5.74, 6) is 0.495. The van der Waals surface area contributed by atoms with Gasteiger partial charge in [0, 0.05) is 23.7 Å². The second kappa shape index (κ2) is 10.2. The van der Waals surface area contributed by atoms with Crippen LogP contribution in [0.25, 0.3) is 11.0 Å². The van der Waals surface area contributed by atoms with Crippen molar-refractivity contribution in [2.24, 2.45) is 0 Å². The van der Waals surface area contributed by atoms with Crippen molar-refractivity contribution in [2.75, 3.05) is 26.3 Å². The maximum atomic E-state index is 12.2. The fourth-order valence-electron chi connectivity index (χ4n) is 2.86. The molecule has 0 unspecified atom stereocenters. The van der Waals surface area contributed by atoms with E-state index in [2.05, 4.69) is 18.7 Å². The Balaban J connectivity index is 2.69. The monoisotopic (exact) mass is 447 g/mol. The Hall–Kier alpha value is -0.950. The van der Waals surface area contributed by atoms with Crippen molar-refractivity contribution in [1.29, 1.82) is 0 Å². The molecule has 0 radical (unpaired) electrons. The summed E-state index contributed by atoms with van der Waals surface area (Å²) in [6.07, 6.45) is 0. The Kier molecular flexibility index (Phi) is 8.49. The number of nitrogens with zero attached hydrogens (tertiary/aromatic N) is 1. The van der Waals surface area contributed by atoms with E-state index in [1.807, 2.05) is 26.0 Å². The summed E-state index contributed by atoms with van der Waals surface area (Å²) in [6.45, 7) is 9.57. The minimum absolute atomic E-state index is 0.0868. The summed E-state index contributed by atoms with van der Waals surface area (Å²) in [5, 5.41) is 0.851. The molecule has 0 saturated carbocycles. The number of hydrogen-bond donors (Lipinski definition) is 0. The van der Waals surface area contributed by atoms with Crippen LogP contribution in [-0.4, -0.2) is 31.2 Å². The standard InChI is InChI=1S/C19H27ClNO5PS/c1-6-21(7-2)12-15-16(26-27(28,23-8-3)24-9-4)11-10-14-13(5)17(20)19(22)25-18(14)15/h10-11H,6-9,12H2,1-5H3. The molecule has 0 amide bonds. The minimum Gasteiger partial charge on any atom is -0.424 e. The smallest absolute Gasteiger partial charge is 0.380 e. The molecule has 0 saturated heterocycles. The molecule has 1 aromatic carbocycles. The van der Waals surface area contributed by atoms with Crippen LogP contribution in [0.3, 0.4) is 0 Å². The minimum atomic E-state index is -2.97. The first-order valence-electron chi connectivity index (χ1n) is 9.35. The third-order valence-electron chi connectivity index (χ3n) is 4.39. The normalized spacial score (nSPS) is 12.1. The lowest BCUT2D eigenvalue weighted by Gasteiger charge is -2.25.